The van der Waals surface area contributed by atoms with E-state index in [-0.39, 0.29) is 17.7 Å². The normalized spacial score (nSPS) is 13.0. The average molecular weight is 603 g/mol. The number of aromatic nitrogens is 1. The number of hydrogen-bond donors (Lipinski definition) is 1. The van der Waals surface area contributed by atoms with E-state index in [1.807, 2.05) is 48.2 Å². The van der Waals surface area contributed by atoms with Crippen LogP contribution in [-0.4, -0.2) is 53.8 Å². The van der Waals surface area contributed by atoms with Gasteiger partial charge in [-0.15, -0.1) is 0 Å². The second-order valence-electron chi connectivity index (χ2n) is 9.90. The summed E-state index contributed by atoms with van der Waals surface area (Å²) in [6, 6.07) is 24.5. The van der Waals surface area contributed by atoms with Crippen LogP contribution in [0.2, 0.25) is 10.0 Å². The predicted molar refractivity (Wildman–Crippen MR) is 167 cm³/mol. The van der Waals surface area contributed by atoms with Gasteiger partial charge in [0.25, 0.3) is 11.8 Å². The molecule has 1 aliphatic rings. The third kappa shape index (κ3) is 6.40. The van der Waals surface area contributed by atoms with Crippen LogP contribution in [-0.2, 0) is 4.79 Å². The van der Waals surface area contributed by atoms with Crippen molar-refractivity contribution in [3.05, 3.63) is 112 Å². The van der Waals surface area contributed by atoms with Crippen LogP contribution in [0.5, 0.6) is 0 Å². The molecule has 0 radical (unpaired) electrons. The number of para-hydroxylation sites is 1. The van der Waals surface area contributed by atoms with Crippen LogP contribution in [0.1, 0.15) is 33.3 Å². The van der Waals surface area contributed by atoms with Gasteiger partial charge in [0.1, 0.15) is 5.82 Å². The number of pyridine rings is 1. The summed E-state index contributed by atoms with van der Waals surface area (Å²) < 4.78 is 0. The second-order valence-corrected chi connectivity index (χ2v) is 10.7. The van der Waals surface area contributed by atoms with Crippen molar-refractivity contribution in [1.29, 1.82) is 0 Å². The Morgan fingerprint density at radius 1 is 0.833 bits per heavy atom. The first-order valence-corrected chi connectivity index (χ1v) is 14.2. The molecule has 10 heteroatoms. The minimum Gasteiger partial charge on any atom is -0.353 e. The van der Waals surface area contributed by atoms with Gasteiger partial charge in [-0.3, -0.25) is 19.3 Å². The van der Waals surface area contributed by atoms with Gasteiger partial charge in [-0.1, -0.05) is 47.5 Å². The molecule has 1 aliphatic heterocycles. The number of anilines is 4. The van der Waals surface area contributed by atoms with E-state index >= 15 is 0 Å². The number of halogens is 2. The molecule has 214 valence electrons. The average Bonchev–Trinajstić information content (AvgIpc) is 2.99. The number of nitrogens with one attached hydrogen (secondary N) is 1. The van der Waals surface area contributed by atoms with Crippen molar-refractivity contribution < 1.29 is 14.4 Å². The molecule has 0 unspecified atom stereocenters. The Morgan fingerprint density at radius 3 is 2.24 bits per heavy atom. The Morgan fingerprint density at radius 2 is 1.57 bits per heavy atom. The lowest BCUT2D eigenvalue weighted by Crippen LogP contribution is -2.48. The molecule has 1 saturated heterocycles. The molecule has 4 aromatic rings. The smallest absolute Gasteiger partial charge is 0.264 e. The molecule has 42 heavy (non-hydrogen) atoms. The highest BCUT2D eigenvalue weighted by Gasteiger charge is 2.25. The number of hydrogen-bond acceptors (Lipinski definition) is 5. The molecule has 0 saturated carbocycles. The summed E-state index contributed by atoms with van der Waals surface area (Å²) in [4.78, 5) is 49.0. The molecule has 5 rings (SSSR count). The van der Waals surface area contributed by atoms with Crippen LogP contribution in [0.15, 0.2) is 84.9 Å². The molecule has 3 aromatic carbocycles. The van der Waals surface area contributed by atoms with Gasteiger partial charge >= 0.3 is 0 Å². The highest BCUT2D eigenvalue weighted by molar-refractivity contribution is 6.34. The molecule has 0 spiro atoms. The zero-order valence-electron chi connectivity index (χ0n) is 23.2. The van der Waals surface area contributed by atoms with Crippen LogP contribution in [0.4, 0.5) is 22.9 Å². The number of aryl methyl sites for hydroxylation is 1. The van der Waals surface area contributed by atoms with Gasteiger partial charge in [-0.05, 0) is 67.6 Å². The summed E-state index contributed by atoms with van der Waals surface area (Å²) >= 11 is 12.5. The van der Waals surface area contributed by atoms with Crippen molar-refractivity contribution in [3.63, 3.8) is 0 Å². The summed E-state index contributed by atoms with van der Waals surface area (Å²) in [6.45, 7) is 5.99. The summed E-state index contributed by atoms with van der Waals surface area (Å²) in [5.41, 5.74) is 2.90. The predicted octanol–water partition coefficient (Wildman–Crippen LogP) is 6.60. The zero-order chi connectivity index (χ0) is 29.8. The second kappa shape index (κ2) is 12.6. The molecule has 2 heterocycles. The van der Waals surface area contributed by atoms with E-state index in [1.54, 1.807) is 60.4 Å². The Balaban J connectivity index is 1.45. The minimum absolute atomic E-state index is 0.0649. The van der Waals surface area contributed by atoms with Crippen LogP contribution in [0, 0.1) is 6.92 Å². The quantitative estimate of drug-likeness (QED) is 0.269. The summed E-state index contributed by atoms with van der Waals surface area (Å²) in [7, 11) is 0. The van der Waals surface area contributed by atoms with E-state index in [2.05, 4.69) is 10.2 Å². The lowest BCUT2D eigenvalue weighted by atomic mass is 10.1. The van der Waals surface area contributed by atoms with Gasteiger partial charge in [-0.25, -0.2) is 4.98 Å². The summed E-state index contributed by atoms with van der Waals surface area (Å²) in [5.74, 6) is 0.161. The number of nitrogens with zero attached hydrogens (tertiary/aromatic N) is 4. The number of rotatable bonds is 6. The van der Waals surface area contributed by atoms with Gasteiger partial charge in [-0.2, -0.15) is 0 Å². The molecular formula is C32H29Cl2N5O3. The molecule has 0 bridgehead atoms. The topological polar surface area (TPSA) is 85.9 Å². The Kier molecular flexibility index (Phi) is 8.75. The van der Waals surface area contributed by atoms with E-state index in [0.717, 1.165) is 5.82 Å². The van der Waals surface area contributed by atoms with Crippen molar-refractivity contribution in [3.8, 4) is 0 Å². The highest BCUT2D eigenvalue weighted by atomic mass is 35.5. The zero-order valence-corrected chi connectivity index (χ0v) is 24.7. The number of piperazine rings is 1. The van der Waals surface area contributed by atoms with E-state index in [4.69, 9.17) is 28.2 Å². The van der Waals surface area contributed by atoms with Crippen LogP contribution >= 0.6 is 23.2 Å². The monoisotopic (exact) mass is 601 g/mol. The molecule has 8 nitrogen and oxygen atoms in total. The van der Waals surface area contributed by atoms with E-state index in [9.17, 15) is 14.4 Å². The van der Waals surface area contributed by atoms with E-state index < -0.39 is 0 Å². The van der Waals surface area contributed by atoms with Crippen molar-refractivity contribution in [1.82, 2.24) is 9.88 Å². The van der Waals surface area contributed by atoms with Gasteiger partial charge in [0.15, 0.2) is 0 Å². The number of benzene rings is 3. The molecule has 1 N–H and O–H groups in total. The maximum absolute atomic E-state index is 14.1. The fraction of sp³-hybridized carbons (Fsp3) is 0.188. The SMILES string of the molecule is CC(=O)N1CCN(c2ccc(C(=O)N(c3ccccc3)c3ccc(Cl)c(NC(=O)c4cccc(Cl)c4)c3)c(C)n2)CC1. The van der Waals surface area contributed by atoms with Crippen molar-refractivity contribution in [2.75, 3.05) is 41.3 Å². The van der Waals surface area contributed by atoms with E-state index in [1.165, 1.54) is 0 Å². The number of carbonyl (C=O) groups excluding carboxylic acids is 3. The van der Waals surface area contributed by atoms with Crippen LogP contribution in [0.25, 0.3) is 0 Å². The van der Waals surface area contributed by atoms with Gasteiger partial charge in [0.2, 0.25) is 5.91 Å². The third-order valence-corrected chi connectivity index (χ3v) is 7.68. The fourth-order valence-electron chi connectivity index (χ4n) is 4.85. The number of amides is 3. The van der Waals surface area contributed by atoms with Gasteiger partial charge in [0.05, 0.1) is 27.7 Å². The maximum Gasteiger partial charge on any atom is 0.264 e. The Labute approximate surface area is 254 Å². The molecule has 3 amide bonds. The summed E-state index contributed by atoms with van der Waals surface area (Å²) in [5, 5.41) is 3.60. The minimum atomic E-state index is -0.381. The summed E-state index contributed by atoms with van der Waals surface area (Å²) in [6.07, 6.45) is 0. The Bertz CT molecular complexity index is 1640. The van der Waals surface area contributed by atoms with Crippen molar-refractivity contribution in [2.24, 2.45) is 0 Å². The standard InChI is InChI=1S/C32H29Cl2N5O3/c1-21-27(12-14-30(35-21)38-17-15-37(16-18-38)22(2)40)32(42)39(25-9-4-3-5-10-25)26-11-13-28(34)29(20-26)36-31(41)23-7-6-8-24(33)19-23/h3-14,19-20H,15-18H2,1-2H3,(H,36,41). The van der Waals surface area contributed by atoms with Crippen molar-refractivity contribution >= 4 is 63.8 Å². The number of carbonyl (C=O) groups is 3. The molecule has 1 aromatic heterocycles. The van der Waals surface area contributed by atoms with Gasteiger partial charge in [0, 0.05) is 49.4 Å². The third-order valence-electron chi connectivity index (χ3n) is 7.11. The first kappa shape index (κ1) is 29.1. The maximum atomic E-state index is 14.1. The van der Waals surface area contributed by atoms with Crippen molar-refractivity contribution in [2.45, 2.75) is 13.8 Å². The Hall–Kier alpha value is -4.40. The lowest BCUT2D eigenvalue weighted by Gasteiger charge is -2.35. The van der Waals surface area contributed by atoms with Crippen LogP contribution in [0.3, 0.4) is 0 Å². The van der Waals surface area contributed by atoms with E-state index in [0.29, 0.717) is 70.1 Å². The molecule has 0 aliphatic carbocycles. The first-order valence-electron chi connectivity index (χ1n) is 13.5. The largest absolute Gasteiger partial charge is 0.353 e. The molecule has 0 atom stereocenters. The lowest BCUT2D eigenvalue weighted by molar-refractivity contribution is -0.129. The fourth-order valence-corrected chi connectivity index (χ4v) is 5.21. The molecular weight excluding hydrogens is 573 g/mol. The molecule has 1 fully saturated rings. The van der Waals surface area contributed by atoms with Gasteiger partial charge < -0.3 is 15.1 Å². The van der Waals surface area contributed by atoms with Crippen LogP contribution < -0.4 is 15.1 Å². The highest BCUT2D eigenvalue weighted by Crippen LogP contribution is 2.34. The first-order chi connectivity index (χ1) is 20.2.